The zero-order valence-electron chi connectivity index (χ0n) is 23.9. The highest BCUT2D eigenvalue weighted by atomic mass is 16.5. The largest absolute Gasteiger partial charge is 0.391 e. The van der Waals surface area contributed by atoms with Crippen LogP contribution in [0.15, 0.2) is 12.3 Å². The first-order valence-electron chi connectivity index (χ1n) is 14.5. The summed E-state index contributed by atoms with van der Waals surface area (Å²) in [5.74, 6) is 1.09. The number of aliphatic hydroxyl groups is 1. The molecule has 2 aliphatic heterocycles. The van der Waals surface area contributed by atoms with E-state index in [2.05, 4.69) is 51.8 Å². The molecule has 0 aromatic rings. The number of ether oxygens (including phenoxy) is 1. The maximum atomic E-state index is 9.67. The molecule has 0 aliphatic carbocycles. The van der Waals surface area contributed by atoms with E-state index < -0.39 is 0 Å². The molecule has 6 nitrogen and oxygen atoms in total. The molecule has 1 saturated heterocycles. The standard InChI is InChI=1S/C15H27NO.C10H22NO.C5H8O2/c1-4-6-9-13(5-2)15-12(3)16-11-8-7-10-14(16)17-15;1-4-6-7-9(5-2)10(12)8(3)11;6-4-2-1-3-5-7/h8,11-15H,4-7,9-10H2,1-3H3;8-10,12H,1,4-7,11H2,2-3H3;4-5H,1-3H2/q;+1;. The van der Waals surface area contributed by atoms with E-state index in [0.29, 0.717) is 43.6 Å². The van der Waals surface area contributed by atoms with Gasteiger partial charge in [-0.05, 0) is 70.4 Å². The van der Waals surface area contributed by atoms with Crippen molar-refractivity contribution in [3.05, 3.63) is 19.2 Å². The molecule has 0 saturated carbocycles. The molecule has 36 heavy (non-hydrogen) atoms. The maximum Gasteiger partial charge on any atom is 0.130 e. The fourth-order valence-electron chi connectivity index (χ4n) is 4.99. The Kier molecular flexibility index (Phi) is 20.9. The van der Waals surface area contributed by atoms with Crippen LogP contribution in [0.5, 0.6) is 0 Å². The van der Waals surface area contributed by atoms with Crippen LogP contribution in [0.2, 0.25) is 0 Å². The van der Waals surface area contributed by atoms with Crippen molar-refractivity contribution in [3.8, 4) is 0 Å². The summed E-state index contributed by atoms with van der Waals surface area (Å²) in [5, 5.41) is 9.67. The van der Waals surface area contributed by atoms with Crippen LogP contribution in [-0.2, 0) is 14.3 Å². The number of nitrogens with zero attached hydrogens (tertiary/aromatic N) is 1. The molecule has 2 rings (SSSR count). The Bertz CT molecular complexity index is 561. The Morgan fingerprint density at radius 3 is 2.25 bits per heavy atom. The van der Waals surface area contributed by atoms with E-state index in [1.54, 1.807) is 0 Å². The number of allylic oxidation sites excluding steroid dienone is 1. The van der Waals surface area contributed by atoms with Gasteiger partial charge in [0.2, 0.25) is 0 Å². The van der Waals surface area contributed by atoms with Crippen LogP contribution in [0.4, 0.5) is 0 Å². The minimum atomic E-state index is -0.346. The van der Waals surface area contributed by atoms with Gasteiger partial charge in [-0.2, -0.15) is 0 Å². The average Bonchev–Trinajstić information content (AvgIpc) is 3.22. The Labute approximate surface area is 222 Å². The molecule has 3 N–H and O–H groups in total. The number of rotatable bonds is 15. The normalized spacial score (nSPS) is 23.8. The first kappa shape index (κ1) is 34.6. The van der Waals surface area contributed by atoms with Crippen LogP contribution in [0.1, 0.15) is 118 Å². The highest BCUT2D eigenvalue weighted by molar-refractivity contribution is 5.52. The summed E-state index contributed by atoms with van der Waals surface area (Å²) >= 11 is 0. The van der Waals surface area contributed by atoms with E-state index in [1.165, 1.54) is 38.5 Å². The fraction of sp³-hybridized carbons (Fsp3) is 0.833. The minimum absolute atomic E-state index is 0.111. The number of fused-ring (bicyclic) bond motifs is 1. The lowest BCUT2D eigenvalue weighted by atomic mass is 9.89. The number of carbonyl (C=O) groups excluding carboxylic acids is 2. The summed E-state index contributed by atoms with van der Waals surface area (Å²) in [7, 11) is 0. The lowest BCUT2D eigenvalue weighted by Crippen LogP contribution is -2.37. The summed E-state index contributed by atoms with van der Waals surface area (Å²) in [6, 6.07) is 0.443. The second kappa shape index (κ2) is 21.7. The Balaban J connectivity index is 0.000000564. The number of hydrogen-bond donors (Lipinski definition) is 2. The van der Waals surface area contributed by atoms with Gasteiger partial charge >= 0.3 is 0 Å². The lowest BCUT2D eigenvalue weighted by molar-refractivity contribution is -0.108. The van der Waals surface area contributed by atoms with Gasteiger partial charge in [0.25, 0.3) is 0 Å². The number of hydrogen-bond acceptors (Lipinski definition) is 6. The summed E-state index contributed by atoms with van der Waals surface area (Å²) in [5.41, 5.74) is 5.62. The fourth-order valence-corrected chi connectivity index (χ4v) is 4.99. The van der Waals surface area contributed by atoms with Crippen LogP contribution >= 0.6 is 0 Å². The van der Waals surface area contributed by atoms with Gasteiger partial charge in [0.05, 0.1) is 31.6 Å². The third-order valence-electron chi connectivity index (χ3n) is 7.38. The number of aliphatic hydroxyl groups excluding tert-OH is 1. The van der Waals surface area contributed by atoms with Crippen molar-refractivity contribution in [2.24, 2.45) is 17.6 Å². The second-order valence-electron chi connectivity index (χ2n) is 10.3. The van der Waals surface area contributed by atoms with Crippen molar-refractivity contribution in [3.63, 3.8) is 0 Å². The van der Waals surface area contributed by atoms with Gasteiger partial charge in [-0.15, -0.1) is 0 Å². The molecule has 0 spiro atoms. The molecule has 1 fully saturated rings. The predicted molar refractivity (Wildman–Crippen MR) is 150 cm³/mol. The molecule has 2 aliphatic rings. The van der Waals surface area contributed by atoms with Gasteiger partial charge < -0.3 is 30.1 Å². The van der Waals surface area contributed by atoms with Crippen LogP contribution in [0.3, 0.4) is 0 Å². The van der Waals surface area contributed by atoms with Gasteiger partial charge in [-0.25, -0.2) is 0 Å². The van der Waals surface area contributed by atoms with E-state index in [1.807, 2.05) is 6.92 Å². The topological polar surface area (TPSA) is 92.9 Å². The summed E-state index contributed by atoms with van der Waals surface area (Å²) < 4.78 is 6.30. The molecule has 6 heteroatoms. The van der Waals surface area contributed by atoms with Gasteiger partial charge in [0.1, 0.15) is 18.8 Å². The Morgan fingerprint density at radius 1 is 1.11 bits per heavy atom. The van der Waals surface area contributed by atoms with E-state index in [0.717, 1.165) is 44.2 Å². The number of unbranched alkanes of at least 4 members (excludes halogenated alkanes) is 4. The van der Waals surface area contributed by atoms with Crippen LogP contribution in [0.25, 0.3) is 0 Å². The lowest BCUT2D eigenvalue weighted by Gasteiger charge is -2.28. The number of nitrogens with two attached hydrogens (primary N) is 1. The molecule has 2 heterocycles. The van der Waals surface area contributed by atoms with Crippen molar-refractivity contribution in [2.75, 3.05) is 0 Å². The molecule has 0 aromatic heterocycles. The highest BCUT2D eigenvalue weighted by Crippen LogP contribution is 2.35. The molecule has 210 valence electrons. The third-order valence-corrected chi connectivity index (χ3v) is 7.38. The van der Waals surface area contributed by atoms with E-state index in [4.69, 9.17) is 10.5 Å². The maximum absolute atomic E-state index is 9.67. The molecule has 0 aromatic carbocycles. The van der Waals surface area contributed by atoms with Gasteiger partial charge in [0, 0.05) is 18.9 Å². The van der Waals surface area contributed by atoms with E-state index in [-0.39, 0.29) is 12.1 Å². The second-order valence-corrected chi connectivity index (χ2v) is 10.3. The smallest absolute Gasteiger partial charge is 0.130 e. The van der Waals surface area contributed by atoms with E-state index >= 15 is 0 Å². The summed E-state index contributed by atoms with van der Waals surface area (Å²) in [6.45, 7) is 14.7. The number of aldehydes is 2. The molecule has 7 atom stereocenters. The first-order valence-corrected chi connectivity index (χ1v) is 14.5. The molecular formula is C30H57N2O4+. The zero-order chi connectivity index (χ0) is 27.3. The average molecular weight is 510 g/mol. The predicted octanol–water partition coefficient (Wildman–Crippen LogP) is 6.21. The summed E-state index contributed by atoms with van der Waals surface area (Å²) in [4.78, 5) is 21.6. The minimum Gasteiger partial charge on any atom is -0.391 e. The first-order chi connectivity index (χ1) is 17.3. The highest BCUT2D eigenvalue weighted by Gasteiger charge is 2.41. The third kappa shape index (κ3) is 13.3. The van der Waals surface area contributed by atoms with Crippen molar-refractivity contribution < 1.29 is 19.4 Å². The van der Waals surface area contributed by atoms with Crippen molar-refractivity contribution >= 4 is 12.6 Å². The van der Waals surface area contributed by atoms with Crippen molar-refractivity contribution in [2.45, 2.75) is 149 Å². The van der Waals surface area contributed by atoms with E-state index in [9.17, 15) is 14.7 Å². The Hall–Kier alpha value is -1.37. The molecule has 0 bridgehead atoms. The van der Waals surface area contributed by atoms with Crippen LogP contribution < -0.4 is 5.73 Å². The van der Waals surface area contributed by atoms with Gasteiger partial charge in [-0.1, -0.05) is 52.5 Å². The summed E-state index contributed by atoms with van der Waals surface area (Å²) in [6.07, 6.45) is 20.0. The van der Waals surface area contributed by atoms with Crippen molar-refractivity contribution in [1.29, 1.82) is 0 Å². The van der Waals surface area contributed by atoms with Gasteiger partial charge in [-0.3, -0.25) is 0 Å². The molecular weight excluding hydrogens is 452 g/mol. The zero-order valence-corrected chi connectivity index (χ0v) is 23.9. The van der Waals surface area contributed by atoms with Gasteiger partial charge in [0.15, 0.2) is 0 Å². The molecule has 0 amide bonds. The molecule has 0 radical (unpaired) electrons. The number of carbonyl (C=O) groups is 2. The molecule has 7 unspecified atom stereocenters. The quantitative estimate of drug-likeness (QED) is 0.155. The SMILES string of the molecule is CCCCC(CC)C1OC2CCC=CN2C1C.O=CCCCC=O.[CH2+]CCCC(CC)C(O)C(C)N. The Morgan fingerprint density at radius 2 is 1.78 bits per heavy atom. The van der Waals surface area contributed by atoms with Crippen LogP contribution in [-0.4, -0.2) is 53.1 Å². The monoisotopic (exact) mass is 509 g/mol. The van der Waals surface area contributed by atoms with Crippen molar-refractivity contribution in [1.82, 2.24) is 4.90 Å². The van der Waals surface area contributed by atoms with Crippen LogP contribution in [0, 0.1) is 18.8 Å².